The summed E-state index contributed by atoms with van der Waals surface area (Å²) in [6, 6.07) is 4.37. The first-order valence-electron chi connectivity index (χ1n) is 12.6. The molecule has 2 N–H and O–H groups in total. The van der Waals surface area contributed by atoms with Crippen LogP contribution in [0.2, 0.25) is 0 Å². The molecule has 0 radical (unpaired) electrons. The fourth-order valence-electron chi connectivity index (χ4n) is 4.96. The molecule has 0 spiro atoms. The number of halogens is 4. The molecular formula is C26H32F4N4O4. The zero-order valence-electron chi connectivity index (χ0n) is 21.4. The molecular weight excluding hydrogens is 508 g/mol. The van der Waals surface area contributed by atoms with E-state index in [0.29, 0.717) is 48.8 Å². The van der Waals surface area contributed by atoms with Crippen LogP contribution in [0, 0.1) is 18.7 Å². The molecule has 0 bridgehead atoms. The average molecular weight is 541 g/mol. The Labute approximate surface area is 218 Å². The number of likely N-dealkylation sites (tertiary alicyclic amines) is 1. The largest absolute Gasteiger partial charge is 0.475 e. The summed E-state index contributed by atoms with van der Waals surface area (Å²) in [4.78, 5) is 20.6. The summed E-state index contributed by atoms with van der Waals surface area (Å²) in [6.45, 7) is 5.38. The number of hydrogen-bond acceptors (Lipinski definition) is 6. The lowest BCUT2D eigenvalue weighted by atomic mass is 9.90. The molecule has 2 aliphatic heterocycles. The van der Waals surface area contributed by atoms with Gasteiger partial charge in [0.25, 0.3) is 0 Å². The maximum atomic E-state index is 15.0. The topological polar surface area (TPSA) is 87.2 Å². The Kier molecular flexibility index (Phi) is 8.61. The first-order chi connectivity index (χ1) is 18.1. The van der Waals surface area contributed by atoms with Gasteiger partial charge in [-0.1, -0.05) is 0 Å². The maximum Gasteiger partial charge on any atom is 0.393 e. The van der Waals surface area contributed by atoms with Crippen molar-refractivity contribution >= 4 is 17.5 Å². The number of aryl methyl sites for hydroxylation is 1. The number of amides is 2. The summed E-state index contributed by atoms with van der Waals surface area (Å²) in [6.07, 6.45) is -4.26. The summed E-state index contributed by atoms with van der Waals surface area (Å²) in [5, 5.41) is 11.7. The number of pyridine rings is 1. The number of anilines is 2. The molecule has 8 nitrogen and oxygen atoms in total. The first kappa shape index (κ1) is 27.9. The third kappa shape index (κ3) is 6.29. The Bertz CT molecular complexity index is 1140. The normalized spacial score (nSPS) is 20.4. The molecule has 0 saturated carbocycles. The Morgan fingerprint density at radius 2 is 1.95 bits per heavy atom. The van der Waals surface area contributed by atoms with E-state index in [1.807, 2.05) is 11.0 Å². The van der Waals surface area contributed by atoms with Gasteiger partial charge in [0.2, 0.25) is 5.88 Å². The number of piperidine rings is 1. The quantitative estimate of drug-likeness (QED) is 0.521. The lowest BCUT2D eigenvalue weighted by Crippen LogP contribution is -2.52. The van der Waals surface area contributed by atoms with Gasteiger partial charge in [-0.2, -0.15) is 18.2 Å². The minimum Gasteiger partial charge on any atom is -0.475 e. The Hall–Kier alpha value is -3.12. The number of nitrogens with one attached hydrogen (secondary N) is 1. The predicted molar refractivity (Wildman–Crippen MR) is 134 cm³/mol. The van der Waals surface area contributed by atoms with Gasteiger partial charge in [0.15, 0.2) is 0 Å². The van der Waals surface area contributed by atoms with Crippen molar-refractivity contribution in [3.05, 3.63) is 35.6 Å². The van der Waals surface area contributed by atoms with Crippen LogP contribution in [0.1, 0.15) is 25.3 Å². The number of carbonyl (C=O) groups excluding carboxylic acids is 1. The minimum atomic E-state index is -4.42. The second-order valence-corrected chi connectivity index (χ2v) is 9.53. The highest BCUT2D eigenvalue weighted by Crippen LogP contribution is 2.38. The number of benzene rings is 1. The molecule has 2 aromatic rings. The number of hydrogen-bond donors (Lipinski definition) is 2. The van der Waals surface area contributed by atoms with Crippen LogP contribution in [0.5, 0.6) is 5.88 Å². The van der Waals surface area contributed by atoms with Crippen molar-refractivity contribution in [1.82, 2.24) is 9.88 Å². The van der Waals surface area contributed by atoms with Crippen LogP contribution in [0.3, 0.4) is 0 Å². The number of alkyl halides is 3. The second kappa shape index (κ2) is 11.7. The molecule has 4 rings (SSSR count). The second-order valence-electron chi connectivity index (χ2n) is 9.53. The van der Waals surface area contributed by atoms with Crippen molar-refractivity contribution in [2.45, 2.75) is 38.9 Å². The number of urea groups is 1. The van der Waals surface area contributed by atoms with E-state index >= 15 is 0 Å². The van der Waals surface area contributed by atoms with Crippen LogP contribution in [0.4, 0.5) is 33.9 Å². The van der Waals surface area contributed by atoms with Crippen LogP contribution in [0.25, 0.3) is 11.1 Å². The van der Waals surface area contributed by atoms with Gasteiger partial charge in [-0.3, -0.25) is 0 Å². The van der Waals surface area contributed by atoms with Crippen LogP contribution in [0.15, 0.2) is 24.3 Å². The summed E-state index contributed by atoms with van der Waals surface area (Å²) < 4.78 is 66.2. The van der Waals surface area contributed by atoms with Crippen LogP contribution in [-0.2, 0) is 4.74 Å². The fourth-order valence-corrected chi connectivity index (χ4v) is 4.96. The highest BCUT2D eigenvalue weighted by molar-refractivity contribution is 5.91. The van der Waals surface area contributed by atoms with Gasteiger partial charge in [-0.15, -0.1) is 0 Å². The Balaban J connectivity index is 1.64. The zero-order valence-corrected chi connectivity index (χ0v) is 21.4. The van der Waals surface area contributed by atoms with Gasteiger partial charge in [0, 0.05) is 31.7 Å². The summed E-state index contributed by atoms with van der Waals surface area (Å²) in [7, 11) is 0. The number of aliphatic hydroxyl groups is 1. The highest BCUT2D eigenvalue weighted by atomic mass is 19.4. The van der Waals surface area contributed by atoms with Crippen molar-refractivity contribution < 1.29 is 36.9 Å². The molecule has 38 heavy (non-hydrogen) atoms. The molecule has 2 aliphatic rings. The molecule has 0 aliphatic carbocycles. The number of morpholine rings is 1. The van der Waals surface area contributed by atoms with Gasteiger partial charge < -0.3 is 29.7 Å². The average Bonchev–Trinajstić information content (AvgIpc) is 2.88. The number of nitrogens with zero attached hydrogens (tertiary/aromatic N) is 3. The van der Waals surface area contributed by atoms with E-state index < -0.39 is 30.0 Å². The van der Waals surface area contributed by atoms with Crippen molar-refractivity contribution in [2.24, 2.45) is 5.92 Å². The molecule has 208 valence electrons. The maximum absolute atomic E-state index is 15.0. The number of carbonyl (C=O) groups is 1. The number of aromatic nitrogens is 1. The lowest BCUT2D eigenvalue weighted by molar-refractivity contribution is -0.195. The standard InChI is InChI=1S/C26H32F4N4O4/c1-16-12-21(27)22(31-25(36)34-5-3-4-20(17(34)2)26(28,29)30)15-19(16)18-13-23(33-6-9-37-10-7-33)32-24(14-18)38-11-8-35/h12-15,17,20,35H,3-11H2,1-2H3,(H,31,36). The van der Waals surface area contributed by atoms with E-state index in [0.717, 1.165) is 4.90 Å². The van der Waals surface area contributed by atoms with E-state index in [2.05, 4.69) is 10.3 Å². The van der Waals surface area contributed by atoms with E-state index in [1.165, 1.54) is 19.1 Å². The SMILES string of the molecule is Cc1cc(F)c(NC(=O)N2CCCC(C(F)(F)F)C2C)cc1-c1cc(OCCO)nc(N2CCOCC2)c1. The molecule has 1 aromatic carbocycles. The number of rotatable bonds is 6. The Morgan fingerprint density at radius 3 is 2.63 bits per heavy atom. The van der Waals surface area contributed by atoms with Crippen molar-refractivity contribution in [1.29, 1.82) is 0 Å². The van der Waals surface area contributed by atoms with Gasteiger partial charge >= 0.3 is 12.2 Å². The third-order valence-corrected chi connectivity index (χ3v) is 7.00. The minimum absolute atomic E-state index is 0.0374. The van der Waals surface area contributed by atoms with Gasteiger partial charge in [0.1, 0.15) is 18.2 Å². The zero-order chi connectivity index (χ0) is 27.4. The van der Waals surface area contributed by atoms with Crippen LogP contribution in [-0.4, -0.2) is 79.3 Å². The van der Waals surface area contributed by atoms with Crippen molar-refractivity contribution in [2.75, 3.05) is 56.3 Å². The van der Waals surface area contributed by atoms with Crippen LogP contribution < -0.4 is 15.0 Å². The molecule has 2 atom stereocenters. The van der Waals surface area contributed by atoms with E-state index in [-0.39, 0.29) is 44.2 Å². The van der Waals surface area contributed by atoms with E-state index in [1.54, 1.807) is 13.0 Å². The predicted octanol–water partition coefficient (Wildman–Crippen LogP) is 4.60. The first-order valence-corrected chi connectivity index (χ1v) is 12.6. The summed E-state index contributed by atoms with van der Waals surface area (Å²) >= 11 is 0. The third-order valence-electron chi connectivity index (χ3n) is 7.00. The molecule has 2 unspecified atom stereocenters. The molecule has 1 aromatic heterocycles. The number of ether oxygens (including phenoxy) is 2. The fraction of sp³-hybridized carbons (Fsp3) is 0.538. The monoisotopic (exact) mass is 540 g/mol. The van der Waals surface area contributed by atoms with Gasteiger partial charge in [0.05, 0.1) is 31.4 Å². The van der Waals surface area contributed by atoms with Crippen molar-refractivity contribution in [3.8, 4) is 17.0 Å². The van der Waals surface area contributed by atoms with Gasteiger partial charge in [-0.05, 0) is 61.6 Å². The molecule has 3 heterocycles. The molecule has 2 amide bonds. The van der Waals surface area contributed by atoms with Gasteiger partial charge in [-0.25, -0.2) is 9.18 Å². The summed E-state index contributed by atoms with van der Waals surface area (Å²) in [5.74, 6) is -1.44. The highest BCUT2D eigenvalue weighted by Gasteiger charge is 2.47. The smallest absolute Gasteiger partial charge is 0.393 e. The van der Waals surface area contributed by atoms with E-state index in [9.17, 15) is 27.5 Å². The molecule has 12 heteroatoms. The molecule has 2 saturated heterocycles. The lowest BCUT2D eigenvalue weighted by Gasteiger charge is -2.40. The molecule has 2 fully saturated rings. The van der Waals surface area contributed by atoms with E-state index in [4.69, 9.17) is 9.47 Å². The van der Waals surface area contributed by atoms with Crippen molar-refractivity contribution in [3.63, 3.8) is 0 Å². The number of aliphatic hydroxyl groups excluding tert-OH is 1. The van der Waals surface area contributed by atoms with Crippen LogP contribution >= 0.6 is 0 Å². The summed E-state index contributed by atoms with van der Waals surface area (Å²) in [5.41, 5.74) is 1.67. The Morgan fingerprint density at radius 1 is 1.21 bits per heavy atom.